The van der Waals surface area contributed by atoms with Crippen LogP contribution in [0.3, 0.4) is 0 Å². The zero-order valence-corrected chi connectivity index (χ0v) is 49.6. The van der Waals surface area contributed by atoms with Gasteiger partial charge in [0.05, 0.1) is 0 Å². The highest BCUT2D eigenvalue weighted by Crippen LogP contribution is 2.34. The Morgan fingerprint density at radius 1 is 0.275 bits per heavy atom. The Bertz CT molecular complexity index is 948. The first-order valence-electron chi connectivity index (χ1n) is 33.0. The van der Waals surface area contributed by atoms with Gasteiger partial charge in [-0.3, -0.25) is 4.79 Å². The van der Waals surface area contributed by atoms with E-state index >= 15 is 0 Å². The SMILES string of the molecule is CCCCCCCCCCN(C(=O)CCCCN(CCCC)CCCC)C(CCCCCCCCC)CCCCCCCCC(CC(CCCC)CCCCCC)CC(CCCC)CCCCCC. The van der Waals surface area contributed by atoms with Crippen LogP contribution in [-0.2, 0) is 4.79 Å². The molecule has 0 aromatic heterocycles. The molecule has 1 amide bonds. The molecule has 0 spiro atoms. The van der Waals surface area contributed by atoms with E-state index in [1.54, 1.807) is 0 Å². The Hall–Kier alpha value is -0.570. The lowest BCUT2D eigenvalue weighted by atomic mass is 9.78. The first-order chi connectivity index (χ1) is 33.9. The van der Waals surface area contributed by atoms with Crippen LogP contribution in [0.2, 0.25) is 0 Å². The van der Waals surface area contributed by atoms with Crippen LogP contribution >= 0.6 is 0 Å². The summed E-state index contributed by atoms with van der Waals surface area (Å²) in [5.74, 6) is 3.37. The third kappa shape index (κ3) is 44.6. The van der Waals surface area contributed by atoms with E-state index in [2.05, 4.69) is 65.2 Å². The molecule has 0 N–H and O–H groups in total. The number of hydrogen-bond donors (Lipinski definition) is 0. The molecule has 0 bridgehead atoms. The Labute approximate surface area is 438 Å². The van der Waals surface area contributed by atoms with Crippen LogP contribution in [0.15, 0.2) is 0 Å². The Morgan fingerprint density at radius 3 is 0.971 bits per heavy atom. The molecule has 0 radical (unpaired) electrons. The van der Waals surface area contributed by atoms with E-state index in [1.165, 1.54) is 321 Å². The Morgan fingerprint density at radius 2 is 0.565 bits per heavy atom. The molecule has 0 aliphatic rings. The molecule has 0 saturated carbocycles. The first kappa shape index (κ1) is 68.4. The van der Waals surface area contributed by atoms with Gasteiger partial charge in [0.1, 0.15) is 0 Å². The molecule has 0 aliphatic carbocycles. The molecule has 0 fully saturated rings. The van der Waals surface area contributed by atoms with Crippen molar-refractivity contribution in [3.63, 3.8) is 0 Å². The van der Waals surface area contributed by atoms with Gasteiger partial charge >= 0.3 is 0 Å². The van der Waals surface area contributed by atoms with Crippen molar-refractivity contribution >= 4 is 5.91 Å². The van der Waals surface area contributed by atoms with E-state index in [-0.39, 0.29) is 0 Å². The summed E-state index contributed by atoms with van der Waals surface area (Å²) in [5, 5.41) is 0. The van der Waals surface area contributed by atoms with Crippen molar-refractivity contribution in [3.05, 3.63) is 0 Å². The average Bonchev–Trinajstić information content (AvgIpc) is 3.35. The summed E-state index contributed by atoms with van der Waals surface area (Å²) in [7, 11) is 0. The second kappa shape index (κ2) is 55.2. The van der Waals surface area contributed by atoms with Crippen molar-refractivity contribution in [2.45, 2.75) is 376 Å². The summed E-state index contributed by atoms with van der Waals surface area (Å²) in [5.41, 5.74) is 0. The highest BCUT2D eigenvalue weighted by molar-refractivity contribution is 5.76. The van der Waals surface area contributed by atoms with Crippen molar-refractivity contribution < 1.29 is 4.79 Å². The summed E-state index contributed by atoms with van der Waals surface area (Å²) in [4.78, 5) is 19.6. The van der Waals surface area contributed by atoms with E-state index in [9.17, 15) is 4.79 Å². The van der Waals surface area contributed by atoms with Gasteiger partial charge in [0.25, 0.3) is 0 Å². The van der Waals surface area contributed by atoms with Crippen molar-refractivity contribution in [2.24, 2.45) is 17.8 Å². The lowest BCUT2D eigenvalue weighted by Gasteiger charge is -2.33. The minimum Gasteiger partial charge on any atom is -0.340 e. The molecule has 0 aromatic carbocycles. The molecule has 3 nitrogen and oxygen atoms in total. The van der Waals surface area contributed by atoms with Crippen LogP contribution < -0.4 is 0 Å². The van der Waals surface area contributed by atoms with Crippen LogP contribution in [0, 0.1) is 17.8 Å². The predicted octanol–water partition coefficient (Wildman–Crippen LogP) is 22.6. The van der Waals surface area contributed by atoms with Crippen molar-refractivity contribution in [2.75, 3.05) is 26.2 Å². The molecule has 69 heavy (non-hydrogen) atoms. The first-order valence-corrected chi connectivity index (χ1v) is 33.0. The molecule has 3 heteroatoms. The normalized spacial score (nSPS) is 13.6. The fraction of sp³-hybridized carbons (Fsp3) is 0.985. The fourth-order valence-electron chi connectivity index (χ4n) is 11.8. The maximum absolute atomic E-state index is 14.4. The standard InChI is InChI=1S/C66H134N2O/c1-9-17-25-29-31-35-39-46-59-68(66(69)55-45-47-58-67(56-23-15-7)57-24-16-8)65(53-43-37-32-30-26-18-10-2)54-44-38-34-33-36-42-52-64(60-62(48-21-13-5)50-40-27-19-11-3)61-63(49-22-14-6)51-41-28-20-12-4/h62-65H,9-61H2,1-8H3. The smallest absolute Gasteiger partial charge is 0.222 e. The predicted molar refractivity (Wildman–Crippen MR) is 314 cm³/mol. The van der Waals surface area contributed by atoms with Crippen molar-refractivity contribution in [1.82, 2.24) is 9.80 Å². The van der Waals surface area contributed by atoms with Crippen molar-refractivity contribution in [3.8, 4) is 0 Å². The van der Waals surface area contributed by atoms with Gasteiger partial charge in [-0.25, -0.2) is 0 Å². The van der Waals surface area contributed by atoms with E-state index in [4.69, 9.17) is 0 Å². The Kier molecular flexibility index (Phi) is 54.7. The van der Waals surface area contributed by atoms with Gasteiger partial charge in [-0.1, -0.05) is 306 Å². The number of carbonyl (C=O) groups is 1. The van der Waals surface area contributed by atoms with Gasteiger partial charge in [0, 0.05) is 19.0 Å². The third-order valence-electron chi connectivity index (χ3n) is 16.5. The number of carbonyl (C=O) groups excluding carboxylic acids is 1. The minimum atomic E-state index is 0.453. The molecule has 0 heterocycles. The summed E-state index contributed by atoms with van der Waals surface area (Å²) in [6.45, 7) is 23.5. The monoisotopic (exact) mass is 971 g/mol. The van der Waals surface area contributed by atoms with E-state index in [1.807, 2.05) is 0 Å². The number of unbranched alkanes of at least 4 members (excludes halogenated alkanes) is 29. The maximum atomic E-state index is 14.4. The molecule has 0 aromatic rings. The largest absolute Gasteiger partial charge is 0.340 e. The molecule has 0 rings (SSSR count). The second-order valence-electron chi connectivity index (χ2n) is 23.4. The summed E-state index contributed by atoms with van der Waals surface area (Å²) in [6, 6.07) is 0.453. The van der Waals surface area contributed by atoms with Gasteiger partial charge < -0.3 is 9.80 Å². The summed E-state index contributed by atoms with van der Waals surface area (Å²) < 4.78 is 0. The second-order valence-corrected chi connectivity index (χ2v) is 23.4. The van der Waals surface area contributed by atoms with Crippen LogP contribution in [0.4, 0.5) is 0 Å². The average molecular weight is 972 g/mol. The van der Waals surface area contributed by atoms with E-state index in [0.29, 0.717) is 11.9 Å². The van der Waals surface area contributed by atoms with Crippen LogP contribution in [0.25, 0.3) is 0 Å². The lowest BCUT2D eigenvalue weighted by Crippen LogP contribution is -2.41. The van der Waals surface area contributed by atoms with Crippen LogP contribution in [0.5, 0.6) is 0 Å². The maximum Gasteiger partial charge on any atom is 0.222 e. The molecule has 414 valence electrons. The quantitative estimate of drug-likeness (QED) is 0.0567. The molecular formula is C66H134N2O. The topological polar surface area (TPSA) is 23.6 Å². The zero-order chi connectivity index (χ0) is 50.5. The summed E-state index contributed by atoms with van der Waals surface area (Å²) in [6.07, 6.45) is 66.6. The number of hydrogen-bond acceptors (Lipinski definition) is 2. The summed E-state index contributed by atoms with van der Waals surface area (Å²) >= 11 is 0. The molecule has 3 atom stereocenters. The highest BCUT2D eigenvalue weighted by atomic mass is 16.2. The van der Waals surface area contributed by atoms with E-state index in [0.717, 1.165) is 37.1 Å². The third-order valence-corrected chi connectivity index (χ3v) is 16.5. The molecular weight excluding hydrogens is 837 g/mol. The number of amides is 1. The van der Waals surface area contributed by atoms with E-state index < -0.39 is 0 Å². The number of rotatable bonds is 58. The van der Waals surface area contributed by atoms with Gasteiger partial charge in [0.15, 0.2) is 0 Å². The molecule has 0 aliphatic heterocycles. The van der Waals surface area contributed by atoms with Gasteiger partial charge in [-0.15, -0.1) is 0 Å². The molecule has 0 saturated heterocycles. The minimum absolute atomic E-state index is 0.453. The van der Waals surface area contributed by atoms with Crippen LogP contribution in [-0.4, -0.2) is 47.9 Å². The number of nitrogens with zero attached hydrogens (tertiary/aromatic N) is 2. The lowest BCUT2D eigenvalue weighted by molar-refractivity contribution is -0.134. The highest BCUT2D eigenvalue weighted by Gasteiger charge is 2.24. The van der Waals surface area contributed by atoms with Crippen molar-refractivity contribution in [1.29, 1.82) is 0 Å². The zero-order valence-electron chi connectivity index (χ0n) is 49.6. The van der Waals surface area contributed by atoms with Crippen LogP contribution in [0.1, 0.15) is 370 Å². The fourth-order valence-corrected chi connectivity index (χ4v) is 11.8. The van der Waals surface area contributed by atoms with Gasteiger partial charge in [-0.2, -0.15) is 0 Å². The Balaban J connectivity index is 5.72. The molecule has 3 unspecified atom stereocenters. The van der Waals surface area contributed by atoms with Gasteiger partial charge in [0.2, 0.25) is 5.91 Å². The van der Waals surface area contributed by atoms with Gasteiger partial charge in [-0.05, 0) is 95.2 Å².